The molecule has 1 atom stereocenters. The quantitative estimate of drug-likeness (QED) is 0.236. The molecule has 158 valence electrons. The molecule has 0 aliphatic rings. The van der Waals surface area contributed by atoms with E-state index in [-0.39, 0.29) is 24.3 Å². The van der Waals surface area contributed by atoms with Crippen LogP contribution in [0.1, 0.15) is 25.6 Å². The summed E-state index contributed by atoms with van der Waals surface area (Å²) in [5, 5.41) is 29.2. The smallest absolute Gasteiger partial charge is 0.269 e. The van der Waals surface area contributed by atoms with Gasteiger partial charge in [0.25, 0.3) is 5.69 Å². The molecule has 1 aromatic heterocycles. The van der Waals surface area contributed by atoms with E-state index in [1.54, 1.807) is 11.3 Å². The highest BCUT2D eigenvalue weighted by Gasteiger charge is 2.21. The summed E-state index contributed by atoms with van der Waals surface area (Å²) in [5.74, 6) is 1.10. The summed E-state index contributed by atoms with van der Waals surface area (Å²) in [6.45, 7) is 7.93. The van der Waals surface area contributed by atoms with E-state index in [2.05, 4.69) is 40.9 Å². The Morgan fingerprint density at radius 2 is 2.03 bits per heavy atom. The van der Waals surface area contributed by atoms with Crippen LogP contribution in [0.3, 0.4) is 0 Å². The van der Waals surface area contributed by atoms with Gasteiger partial charge >= 0.3 is 0 Å². The predicted molar refractivity (Wildman–Crippen MR) is 116 cm³/mol. The van der Waals surface area contributed by atoms with Gasteiger partial charge in [-0.3, -0.25) is 15.1 Å². The van der Waals surface area contributed by atoms with Crippen LogP contribution in [0.5, 0.6) is 5.75 Å². The lowest BCUT2D eigenvalue weighted by Crippen LogP contribution is -2.43. The summed E-state index contributed by atoms with van der Waals surface area (Å²) in [6.07, 6.45) is -0.764. The largest absolute Gasteiger partial charge is 0.491 e. The molecule has 0 radical (unpaired) electrons. The molecule has 2 aromatic rings. The fourth-order valence-electron chi connectivity index (χ4n) is 2.49. The molecule has 8 nitrogen and oxygen atoms in total. The average molecular weight is 421 g/mol. The van der Waals surface area contributed by atoms with Crippen molar-refractivity contribution in [3.05, 3.63) is 56.8 Å². The zero-order valence-corrected chi connectivity index (χ0v) is 17.7. The number of hydrogen-bond donors (Lipinski definition) is 3. The third-order valence-electron chi connectivity index (χ3n) is 4.16. The first-order valence-corrected chi connectivity index (χ1v) is 10.3. The zero-order valence-electron chi connectivity index (χ0n) is 16.9. The first-order valence-electron chi connectivity index (χ1n) is 9.43. The summed E-state index contributed by atoms with van der Waals surface area (Å²) in [7, 11) is 0. The first kappa shape index (κ1) is 22.6. The van der Waals surface area contributed by atoms with Gasteiger partial charge in [-0.1, -0.05) is 19.9 Å². The summed E-state index contributed by atoms with van der Waals surface area (Å²) in [4.78, 5) is 16.1. The standard InChI is InChI=1S/C20H28N4O4S/c1-4-21-19(23-14-20(2,3)18-6-5-11-29-18)22-12-16(25)13-28-17-9-7-15(8-10-17)24(26)27/h5-11,16,25H,4,12-14H2,1-3H3,(H2,21,22,23). The van der Waals surface area contributed by atoms with Crippen LogP contribution in [-0.2, 0) is 5.41 Å². The molecule has 0 amide bonds. The minimum absolute atomic E-state index is 0.00321. The number of aliphatic imine (C=N–C) groups is 1. The Morgan fingerprint density at radius 1 is 1.31 bits per heavy atom. The van der Waals surface area contributed by atoms with Crippen molar-refractivity contribution in [2.75, 3.05) is 26.2 Å². The Labute approximate surface area is 174 Å². The van der Waals surface area contributed by atoms with Gasteiger partial charge in [0.05, 0.1) is 11.5 Å². The fraction of sp³-hybridized carbons (Fsp3) is 0.450. The van der Waals surface area contributed by atoms with E-state index in [1.807, 2.05) is 13.0 Å². The Balaban J connectivity index is 1.83. The van der Waals surface area contributed by atoms with Crippen molar-refractivity contribution >= 4 is 23.0 Å². The van der Waals surface area contributed by atoms with E-state index < -0.39 is 11.0 Å². The number of nitro benzene ring substituents is 1. The molecule has 0 fully saturated rings. The van der Waals surface area contributed by atoms with Crippen molar-refractivity contribution in [1.82, 2.24) is 10.6 Å². The van der Waals surface area contributed by atoms with Crippen LogP contribution in [0.2, 0.25) is 0 Å². The van der Waals surface area contributed by atoms with Gasteiger partial charge in [0.1, 0.15) is 18.5 Å². The van der Waals surface area contributed by atoms with Crippen LogP contribution in [0, 0.1) is 10.1 Å². The Hall–Kier alpha value is -2.65. The Kier molecular flexibility index (Phi) is 8.41. The normalized spacial score (nSPS) is 13.0. The fourth-order valence-corrected chi connectivity index (χ4v) is 3.33. The second-order valence-electron chi connectivity index (χ2n) is 7.15. The number of hydrogen-bond acceptors (Lipinski definition) is 6. The van der Waals surface area contributed by atoms with Crippen LogP contribution in [0.15, 0.2) is 46.8 Å². The monoisotopic (exact) mass is 420 g/mol. The molecule has 3 N–H and O–H groups in total. The van der Waals surface area contributed by atoms with Crippen molar-refractivity contribution < 1.29 is 14.8 Å². The minimum Gasteiger partial charge on any atom is -0.491 e. The Bertz CT molecular complexity index is 791. The van der Waals surface area contributed by atoms with Crippen LogP contribution < -0.4 is 15.4 Å². The van der Waals surface area contributed by atoms with Gasteiger partial charge in [-0.25, -0.2) is 0 Å². The number of non-ortho nitro benzene ring substituents is 1. The summed E-state index contributed by atoms with van der Waals surface area (Å²) < 4.78 is 5.49. The second-order valence-corrected chi connectivity index (χ2v) is 8.10. The number of thiophene rings is 1. The minimum atomic E-state index is -0.764. The molecule has 2 rings (SSSR count). The molecule has 0 aliphatic carbocycles. The van der Waals surface area contributed by atoms with E-state index in [0.717, 1.165) is 0 Å². The van der Waals surface area contributed by atoms with Crippen LogP contribution in [-0.4, -0.2) is 48.3 Å². The first-order chi connectivity index (χ1) is 13.8. The number of aliphatic hydroxyl groups is 1. The van der Waals surface area contributed by atoms with Crippen LogP contribution in [0.25, 0.3) is 0 Å². The maximum absolute atomic E-state index is 10.7. The number of aliphatic hydroxyl groups excluding tert-OH is 1. The van der Waals surface area contributed by atoms with Gasteiger partial charge in [0.15, 0.2) is 5.96 Å². The van der Waals surface area contributed by atoms with Crippen LogP contribution >= 0.6 is 11.3 Å². The maximum atomic E-state index is 10.7. The lowest BCUT2D eigenvalue weighted by Gasteiger charge is -2.22. The molecule has 1 aromatic carbocycles. The van der Waals surface area contributed by atoms with Gasteiger partial charge in [0, 0.05) is 35.5 Å². The third-order valence-corrected chi connectivity index (χ3v) is 5.40. The van der Waals surface area contributed by atoms with Gasteiger partial charge in [0.2, 0.25) is 0 Å². The zero-order chi connectivity index (χ0) is 21.3. The Morgan fingerprint density at radius 3 is 2.62 bits per heavy atom. The highest BCUT2D eigenvalue weighted by molar-refractivity contribution is 7.10. The number of guanidine groups is 1. The molecule has 0 spiro atoms. The van der Waals surface area contributed by atoms with E-state index in [9.17, 15) is 15.2 Å². The summed E-state index contributed by atoms with van der Waals surface area (Å²) in [5.41, 5.74) is -0.0784. The second kappa shape index (κ2) is 10.8. The molecule has 0 aliphatic heterocycles. The molecular weight excluding hydrogens is 392 g/mol. The van der Waals surface area contributed by atoms with Crippen molar-refractivity contribution in [1.29, 1.82) is 0 Å². The van der Waals surface area contributed by atoms with Gasteiger partial charge < -0.3 is 20.5 Å². The molecular formula is C20H28N4O4S. The van der Waals surface area contributed by atoms with Crippen molar-refractivity contribution in [2.24, 2.45) is 4.99 Å². The lowest BCUT2D eigenvalue weighted by molar-refractivity contribution is -0.384. The molecule has 0 saturated heterocycles. The summed E-state index contributed by atoms with van der Waals surface area (Å²) in [6, 6.07) is 9.90. The number of rotatable bonds is 10. The maximum Gasteiger partial charge on any atom is 0.269 e. The van der Waals surface area contributed by atoms with E-state index in [1.165, 1.54) is 29.1 Å². The highest BCUT2D eigenvalue weighted by atomic mass is 32.1. The SMILES string of the molecule is CCNC(=NCC(C)(C)c1cccs1)NCC(O)COc1ccc([N+](=O)[O-])cc1. The average Bonchev–Trinajstić information content (AvgIpc) is 3.24. The van der Waals surface area contributed by atoms with Crippen molar-refractivity contribution in [2.45, 2.75) is 32.3 Å². The molecule has 1 unspecified atom stereocenters. The van der Waals surface area contributed by atoms with Crippen molar-refractivity contribution in [3.63, 3.8) is 0 Å². The number of nitro groups is 1. The molecule has 0 saturated carbocycles. The number of benzene rings is 1. The highest BCUT2D eigenvalue weighted by Crippen LogP contribution is 2.27. The topological polar surface area (TPSA) is 109 Å². The lowest BCUT2D eigenvalue weighted by atomic mass is 9.92. The van der Waals surface area contributed by atoms with E-state index in [4.69, 9.17) is 4.74 Å². The van der Waals surface area contributed by atoms with Gasteiger partial charge in [-0.2, -0.15) is 0 Å². The molecule has 1 heterocycles. The predicted octanol–water partition coefficient (Wildman–Crippen LogP) is 2.93. The van der Waals surface area contributed by atoms with Gasteiger partial charge in [-0.15, -0.1) is 11.3 Å². The third kappa shape index (κ3) is 7.35. The summed E-state index contributed by atoms with van der Waals surface area (Å²) >= 11 is 1.72. The van der Waals surface area contributed by atoms with E-state index in [0.29, 0.717) is 24.8 Å². The molecule has 29 heavy (non-hydrogen) atoms. The van der Waals surface area contributed by atoms with Crippen LogP contribution in [0.4, 0.5) is 5.69 Å². The number of nitrogens with one attached hydrogen (secondary N) is 2. The van der Waals surface area contributed by atoms with Crippen molar-refractivity contribution in [3.8, 4) is 5.75 Å². The molecule has 0 bridgehead atoms. The van der Waals surface area contributed by atoms with Gasteiger partial charge in [-0.05, 0) is 30.5 Å². The number of nitrogens with zero attached hydrogens (tertiary/aromatic N) is 2. The molecule has 9 heteroatoms. The number of ether oxygens (including phenoxy) is 1. The van der Waals surface area contributed by atoms with E-state index >= 15 is 0 Å².